The van der Waals surface area contributed by atoms with Gasteiger partial charge in [0.2, 0.25) is 0 Å². The van der Waals surface area contributed by atoms with Crippen LogP contribution >= 0.6 is 11.6 Å². The minimum absolute atomic E-state index is 0. The first-order chi connectivity index (χ1) is 8.81. The lowest BCUT2D eigenvalue weighted by atomic mass is 10.0. The van der Waals surface area contributed by atoms with Crippen LogP contribution in [0.3, 0.4) is 0 Å². The molecule has 1 aliphatic rings. The molecule has 0 radical (unpaired) electrons. The van der Waals surface area contributed by atoms with Gasteiger partial charge in [0.25, 0.3) is 0 Å². The Labute approximate surface area is 124 Å². The highest BCUT2D eigenvalue weighted by Crippen LogP contribution is 2.08. The molecule has 19 heavy (non-hydrogen) atoms. The van der Waals surface area contributed by atoms with Gasteiger partial charge in [0.1, 0.15) is 19.6 Å². The van der Waals surface area contributed by atoms with E-state index in [2.05, 4.69) is 0 Å². The Bertz CT molecular complexity index is 428. The van der Waals surface area contributed by atoms with E-state index in [1.54, 1.807) is 0 Å². The predicted octanol–water partition coefficient (Wildman–Crippen LogP) is -2.09. The van der Waals surface area contributed by atoms with Crippen molar-refractivity contribution in [1.82, 2.24) is 0 Å². The Kier molecular flexibility index (Phi) is 7.10. The smallest absolute Gasteiger partial charge is 0.195 e. The Morgan fingerprint density at radius 3 is 2.47 bits per heavy atom. The average Bonchev–Trinajstić information content (AvgIpc) is 2.46. The number of carbonyl (C=O) groups is 1. The molecule has 0 amide bonds. The number of halogens is 2. The van der Waals surface area contributed by atoms with Gasteiger partial charge in [0.05, 0.1) is 18.8 Å². The number of hydrogen-bond donors (Lipinski definition) is 1. The maximum absolute atomic E-state index is 12.3. The number of rotatable bonds is 4. The third-order valence-electron chi connectivity index (χ3n) is 3.10. The lowest BCUT2D eigenvalue weighted by Gasteiger charge is -2.24. The van der Waals surface area contributed by atoms with Crippen LogP contribution in [0.25, 0.3) is 0 Å². The molecule has 0 aromatic heterocycles. The van der Waals surface area contributed by atoms with E-state index in [9.17, 15) is 4.79 Å². The summed E-state index contributed by atoms with van der Waals surface area (Å²) in [4.78, 5) is 13.6. The highest BCUT2D eigenvalue weighted by molar-refractivity contribution is 6.28. The van der Waals surface area contributed by atoms with Gasteiger partial charge in [-0.3, -0.25) is 4.79 Å². The number of benzene rings is 1. The number of hydrogen-bond acceptors (Lipinski definition) is 2. The van der Waals surface area contributed by atoms with Crippen molar-refractivity contribution in [2.24, 2.45) is 0 Å². The molecule has 0 unspecified atom stereocenters. The zero-order valence-corrected chi connectivity index (χ0v) is 12.1. The van der Waals surface area contributed by atoms with E-state index in [0.29, 0.717) is 17.7 Å². The molecule has 104 valence electrons. The van der Waals surface area contributed by atoms with E-state index in [1.165, 1.54) is 10.4 Å². The molecular weight excluding hydrogens is 285 g/mol. The fourth-order valence-corrected chi connectivity index (χ4v) is 2.23. The van der Waals surface area contributed by atoms with Crippen LogP contribution in [0, 0.1) is 0 Å². The fraction of sp³-hybridized carbons (Fsp3) is 0.357. The van der Waals surface area contributed by atoms with E-state index >= 15 is 0 Å². The van der Waals surface area contributed by atoms with Crippen molar-refractivity contribution in [1.29, 1.82) is 0 Å². The standard InChI is InChI=1S/C14H16ClNO2.ClH/c15-10-13(11-16-6-8-18-9-7-16)14(17)12-4-2-1-3-5-12;/h1-5,10H,6-9,11H2;1H. The van der Waals surface area contributed by atoms with Crippen molar-refractivity contribution in [3.63, 3.8) is 0 Å². The molecule has 0 bridgehead atoms. The molecule has 1 saturated heterocycles. The Morgan fingerprint density at radius 2 is 1.89 bits per heavy atom. The molecular formula is C14H17Cl2NO2. The van der Waals surface area contributed by atoms with Crippen molar-refractivity contribution in [2.75, 3.05) is 32.8 Å². The molecule has 3 nitrogen and oxygen atoms in total. The maximum atomic E-state index is 12.3. The second kappa shape index (κ2) is 8.33. The second-order valence-electron chi connectivity index (χ2n) is 4.37. The first kappa shape index (κ1) is 16.2. The van der Waals surface area contributed by atoms with Crippen molar-refractivity contribution in [2.45, 2.75) is 0 Å². The number of ether oxygens (including phenoxy) is 1. The lowest BCUT2D eigenvalue weighted by Crippen LogP contribution is -3.14. The SMILES string of the molecule is O=C(C(=CCl)C[NH+]1CCOCC1)c1ccccc1.[Cl-]. The molecule has 5 heteroatoms. The molecule has 0 aliphatic carbocycles. The average molecular weight is 302 g/mol. The summed E-state index contributed by atoms with van der Waals surface area (Å²) in [5.74, 6) is 0.0181. The molecule has 2 rings (SSSR count). The summed E-state index contributed by atoms with van der Waals surface area (Å²) in [6, 6.07) is 9.25. The first-order valence-corrected chi connectivity index (χ1v) is 6.55. The van der Waals surface area contributed by atoms with Crippen molar-refractivity contribution in [3.8, 4) is 0 Å². The number of quaternary nitrogens is 1. The molecule has 1 N–H and O–H groups in total. The minimum atomic E-state index is 0. The summed E-state index contributed by atoms with van der Waals surface area (Å²) >= 11 is 5.80. The van der Waals surface area contributed by atoms with Crippen LogP contribution in [0.2, 0.25) is 0 Å². The summed E-state index contributed by atoms with van der Waals surface area (Å²) < 4.78 is 5.30. The normalized spacial score (nSPS) is 16.8. The zero-order valence-electron chi connectivity index (χ0n) is 10.6. The minimum Gasteiger partial charge on any atom is -1.00 e. The first-order valence-electron chi connectivity index (χ1n) is 6.11. The number of nitrogens with one attached hydrogen (secondary N) is 1. The second-order valence-corrected chi connectivity index (χ2v) is 4.59. The van der Waals surface area contributed by atoms with E-state index < -0.39 is 0 Å². The van der Waals surface area contributed by atoms with Gasteiger partial charge < -0.3 is 22.0 Å². The van der Waals surface area contributed by atoms with E-state index in [4.69, 9.17) is 16.3 Å². The summed E-state index contributed by atoms with van der Waals surface area (Å²) in [6.45, 7) is 4.03. The van der Waals surface area contributed by atoms with Crippen LogP contribution in [0.4, 0.5) is 0 Å². The van der Waals surface area contributed by atoms with E-state index in [1.807, 2.05) is 30.3 Å². The molecule has 1 aliphatic heterocycles. The van der Waals surface area contributed by atoms with Crippen LogP contribution in [0.1, 0.15) is 10.4 Å². The van der Waals surface area contributed by atoms with Crippen molar-refractivity contribution < 1.29 is 26.8 Å². The Morgan fingerprint density at radius 1 is 1.26 bits per heavy atom. The van der Waals surface area contributed by atoms with Crippen LogP contribution in [0.5, 0.6) is 0 Å². The number of carbonyl (C=O) groups excluding carboxylic acids is 1. The molecule has 1 heterocycles. The molecule has 0 saturated carbocycles. The third kappa shape index (κ3) is 4.62. The van der Waals surface area contributed by atoms with Gasteiger partial charge in [-0.05, 0) is 0 Å². The molecule has 1 aromatic carbocycles. The van der Waals surface area contributed by atoms with Gasteiger partial charge in [-0.15, -0.1) is 0 Å². The van der Waals surface area contributed by atoms with Gasteiger partial charge in [0, 0.05) is 11.1 Å². The zero-order chi connectivity index (χ0) is 12.8. The van der Waals surface area contributed by atoms with Gasteiger partial charge in [-0.25, -0.2) is 0 Å². The van der Waals surface area contributed by atoms with Gasteiger partial charge >= 0.3 is 0 Å². The molecule has 0 atom stereocenters. The maximum Gasteiger partial charge on any atom is 0.195 e. The van der Waals surface area contributed by atoms with E-state index in [-0.39, 0.29) is 18.2 Å². The van der Waals surface area contributed by atoms with Crippen LogP contribution in [-0.4, -0.2) is 38.6 Å². The Balaban J connectivity index is 0.00000180. The summed E-state index contributed by atoms with van der Waals surface area (Å²) in [6.07, 6.45) is 0. The van der Waals surface area contributed by atoms with Gasteiger partial charge in [-0.2, -0.15) is 0 Å². The predicted molar refractivity (Wildman–Crippen MR) is 71.1 cm³/mol. The third-order valence-corrected chi connectivity index (χ3v) is 3.36. The highest BCUT2D eigenvalue weighted by atomic mass is 35.5. The van der Waals surface area contributed by atoms with Gasteiger partial charge in [0.15, 0.2) is 5.78 Å². The number of Topliss-reactive ketones (excluding diaryl/α,β-unsaturated/α-hetero) is 1. The number of morpholine rings is 1. The summed E-state index contributed by atoms with van der Waals surface area (Å²) in [7, 11) is 0. The topological polar surface area (TPSA) is 30.7 Å². The largest absolute Gasteiger partial charge is 1.00 e. The quantitative estimate of drug-likeness (QED) is 0.511. The molecule has 0 spiro atoms. The van der Waals surface area contributed by atoms with Crippen LogP contribution in [0.15, 0.2) is 41.4 Å². The lowest BCUT2D eigenvalue weighted by molar-refractivity contribution is -0.902. The Hall–Kier alpha value is -0.870. The molecule has 1 fully saturated rings. The summed E-state index contributed by atoms with van der Waals surface area (Å²) in [5, 5.41) is 0. The van der Waals surface area contributed by atoms with Gasteiger partial charge in [-0.1, -0.05) is 41.9 Å². The monoisotopic (exact) mass is 301 g/mol. The van der Waals surface area contributed by atoms with Crippen LogP contribution in [-0.2, 0) is 4.74 Å². The van der Waals surface area contributed by atoms with Crippen molar-refractivity contribution in [3.05, 3.63) is 47.0 Å². The van der Waals surface area contributed by atoms with E-state index in [0.717, 1.165) is 26.3 Å². The highest BCUT2D eigenvalue weighted by Gasteiger charge is 2.20. The summed E-state index contributed by atoms with van der Waals surface area (Å²) in [5.41, 5.74) is 2.77. The van der Waals surface area contributed by atoms with Crippen LogP contribution < -0.4 is 17.3 Å². The fourth-order valence-electron chi connectivity index (χ4n) is 2.05. The molecule has 1 aromatic rings. The number of ketones is 1. The van der Waals surface area contributed by atoms with Crippen molar-refractivity contribution >= 4 is 17.4 Å².